The van der Waals surface area contributed by atoms with Crippen LogP contribution in [0.5, 0.6) is 0 Å². The van der Waals surface area contributed by atoms with Crippen LogP contribution in [0.3, 0.4) is 0 Å². The second-order valence-electron chi connectivity index (χ2n) is 3.30. The molecule has 2 aromatic heterocycles. The van der Waals surface area contributed by atoms with Crippen LogP contribution in [0.2, 0.25) is 0 Å². The fourth-order valence-electron chi connectivity index (χ4n) is 1.53. The molecule has 5 N–H and O–H groups in total. The first-order valence-electron chi connectivity index (χ1n) is 4.72. The highest BCUT2D eigenvalue weighted by molar-refractivity contribution is 5.79. The first-order chi connectivity index (χ1) is 7.72. The maximum absolute atomic E-state index is 11.7. The molecule has 0 spiro atoms. The second kappa shape index (κ2) is 4.08. The Kier molecular flexibility index (Phi) is 2.62. The summed E-state index contributed by atoms with van der Waals surface area (Å²) in [5, 5.41) is 3.52. The van der Waals surface area contributed by atoms with Gasteiger partial charge < -0.3 is 16.0 Å². The molecule has 0 saturated heterocycles. The van der Waals surface area contributed by atoms with Crippen molar-refractivity contribution in [2.24, 2.45) is 0 Å². The summed E-state index contributed by atoms with van der Waals surface area (Å²) >= 11 is 0. The maximum Gasteiger partial charge on any atom is 0.262 e. The van der Waals surface area contributed by atoms with Crippen molar-refractivity contribution in [3.8, 4) is 12.3 Å². The Morgan fingerprint density at radius 1 is 1.62 bits per heavy atom. The predicted octanol–water partition coefficient (Wildman–Crippen LogP) is -0.444. The molecule has 2 heterocycles. The fraction of sp³-hybridized carbons (Fsp3) is 0.200. The number of anilines is 1. The zero-order valence-corrected chi connectivity index (χ0v) is 8.50. The topological polar surface area (TPSA) is 99.6 Å². The Bertz CT molecular complexity index is 604. The third kappa shape index (κ3) is 1.76. The SMILES string of the molecule is C#CCNCc1c[nH]c2nc(N)[nH]c(=O)c12. The monoisotopic (exact) mass is 217 g/mol. The normalized spacial score (nSPS) is 10.4. The molecule has 6 nitrogen and oxygen atoms in total. The van der Waals surface area contributed by atoms with Crippen LogP contribution in [0.25, 0.3) is 11.0 Å². The number of terminal acetylenes is 1. The molecular formula is C10H11N5O. The number of aromatic nitrogens is 3. The Hall–Kier alpha value is -2.26. The fourth-order valence-corrected chi connectivity index (χ4v) is 1.53. The van der Waals surface area contributed by atoms with E-state index in [-0.39, 0.29) is 11.5 Å². The first kappa shape index (κ1) is 10.3. The molecule has 16 heavy (non-hydrogen) atoms. The summed E-state index contributed by atoms with van der Waals surface area (Å²) in [5.74, 6) is 2.56. The van der Waals surface area contributed by atoms with Gasteiger partial charge >= 0.3 is 0 Å². The van der Waals surface area contributed by atoms with E-state index in [1.54, 1.807) is 6.20 Å². The zero-order valence-electron chi connectivity index (χ0n) is 8.50. The number of nitrogens with one attached hydrogen (secondary N) is 3. The van der Waals surface area contributed by atoms with E-state index in [2.05, 4.69) is 26.2 Å². The number of H-pyrrole nitrogens is 2. The van der Waals surface area contributed by atoms with Crippen molar-refractivity contribution >= 4 is 17.0 Å². The van der Waals surface area contributed by atoms with E-state index in [0.717, 1.165) is 5.56 Å². The lowest BCUT2D eigenvalue weighted by atomic mass is 10.2. The van der Waals surface area contributed by atoms with Crippen molar-refractivity contribution in [3.05, 3.63) is 22.1 Å². The van der Waals surface area contributed by atoms with Crippen LogP contribution in [0, 0.1) is 12.3 Å². The number of hydrogen-bond acceptors (Lipinski definition) is 4. The number of fused-ring (bicyclic) bond motifs is 1. The van der Waals surface area contributed by atoms with Crippen molar-refractivity contribution in [3.63, 3.8) is 0 Å². The lowest BCUT2D eigenvalue weighted by molar-refractivity contribution is 0.774. The highest BCUT2D eigenvalue weighted by atomic mass is 16.1. The zero-order chi connectivity index (χ0) is 11.5. The van der Waals surface area contributed by atoms with Crippen molar-refractivity contribution in [2.45, 2.75) is 6.54 Å². The van der Waals surface area contributed by atoms with Crippen LogP contribution in [0.15, 0.2) is 11.0 Å². The standard InChI is InChI=1S/C10H11N5O/c1-2-3-12-4-6-5-13-8-7(6)9(16)15-10(11)14-8/h1,5,12H,3-4H2,(H4,11,13,14,15,16). The smallest absolute Gasteiger partial charge is 0.262 e. The van der Waals surface area contributed by atoms with Gasteiger partial charge in [0.1, 0.15) is 5.65 Å². The largest absolute Gasteiger partial charge is 0.369 e. The van der Waals surface area contributed by atoms with E-state index in [9.17, 15) is 4.79 Å². The number of hydrogen-bond donors (Lipinski definition) is 4. The van der Waals surface area contributed by atoms with Gasteiger partial charge in [0.25, 0.3) is 5.56 Å². The Labute approximate surface area is 91.3 Å². The molecule has 0 radical (unpaired) electrons. The average molecular weight is 217 g/mol. The van der Waals surface area contributed by atoms with Crippen LogP contribution >= 0.6 is 0 Å². The molecule has 2 aromatic rings. The molecule has 0 amide bonds. The highest BCUT2D eigenvalue weighted by Gasteiger charge is 2.08. The van der Waals surface area contributed by atoms with Crippen molar-refractivity contribution in [2.75, 3.05) is 12.3 Å². The molecule has 0 atom stereocenters. The van der Waals surface area contributed by atoms with Crippen LogP contribution in [-0.2, 0) is 6.54 Å². The lowest BCUT2D eigenvalue weighted by Crippen LogP contribution is -2.16. The van der Waals surface area contributed by atoms with Gasteiger partial charge in [-0.25, -0.2) is 0 Å². The van der Waals surface area contributed by atoms with E-state index < -0.39 is 0 Å². The van der Waals surface area contributed by atoms with Crippen molar-refractivity contribution < 1.29 is 0 Å². The molecule has 2 rings (SSSR count). The molecule has 6 heteroatoms. The predicted molar refractivity (Wildman–Crippen MR) is 61.7 cm³/mol. The summed E-state index contributed by atoms with van der Waals surface area (Å²) in [6, 6.07) is 0. The number of nitrogen functional groups attached to an aromatic ring is 1. The van der Waals surface area contributed by atoms with Gasteiger partial charge in [-0.3, -0.25) is 9.78 Å². The van der Waals surface area contributed by atoms with E-state index >= 15 is 0 Å². The van der Waals surface area contributed by atoms with Gasteiger partial charge in [0.15, 0.2) is 0 Å². The summed E-state index contributed by atoms with van der Waals surface area (Å²) < 4.78 is 0. The van der Waals surface area contributed by atoms with Gasteiger partial charge in [0.05, 0.1) is 11.9 Å². The molecule has 0 aliphatic rings. The van der Waals surface area contributed by atoms with E-state index in [0.29, 0.717) is 24.1 Å². The minimum atomic E-state index is -0.249. The van der Waals surface area contributed by atoms with Crippen molar-refractivity contribution in [1.82, 2.24) is 20.3 Å². The third-order valence-electron chi connectivity index (χ3n) is 2.18. The van der Waals surface area contributed by atoms with Crippen molar-refractivity contribution in [1.29, 1.82) is 0 Å². The summed E-state index contributed by atoms with van der Waals surface area (Å²) in [6.45, 7) is 0.964. The third-order valence-corrected chi connectivity index (χ3v) is 2.18. The van der Waals surface area contributed by atoms with Gasteiger partial charge in [0, 0.05) is 12.7 Å². The lowest BCUT2D eigenvalue weighted by Gasteiger charge is -1.98. The summed E-state index contributed by atoms with van der Waals surface area (Å²) in [4.78, 5) is 21.0. The quantitative estimate of drug-likeness (QED) is 0.413. The van der Waals surface area contributed by atoms with E-state index in [4.69, 9.17) is 12.2 Å². The molecule has 0 saturated carbocycles. The van der Waals surface area contributed by atoms with Gasteiger partial charge in [-0.1, -0.05) is 5.92 Å². The van der Waals surface area contributed by atoms with Gasteiger partial charge in [-0.05, 0) is 5.56 Å². The summed E-state index contributed by atoms with van der Waals surface area (Å²) in [6.07, 6.45) is 6.83. The minimum Gasteiger partial charge on any atom is -0.369 e. The molecule has 0 bridgehead atoms. The first-order valence-corrected chi connectivity index (χ1v) is 4.72. The Balaban J connectivity index is 2.41. The molecule has 0 aromatic carbocycles. The second-order valence-corrected chi connectivity index (χ2v) is 3.30. The minimum absolute atomic E-state index is 0.0995. The van der Waals surface area contributed by atoms with Crippen LogP contribution in [-0.4, -0.2) is 21.5 Å². The van der Waals surface area contributed by atoms with Crippen LogP contribution in [0.1, 0.15) is 5.56 Å². The molecule has 0 aliphatic carbocycles. The van der Waals surface area contributed by atoms with Gasteiger partial charge in [0.2, 0.25) is 5.95 Å². The molecule has 82 valence electrons. The molecule has 0 unspecified atom stereocenters. The summed E-state index contributed by atoms with van der Waals surface area (Å²) in [7, 11) is 0. The van der Waals surface area contributed by atoms with Crippen LogP contribution < -0.4 is 16.6 Å². The average Bonchev–Trinajstić information content (AvgIpc) is 2.62. The number of nitrogens with two attached hydrogens (primary N) is 1. The van der Waals surface area contributed by atoms with Crippen LogP contribution in [0.4, 0.5) is 5.95 Å². The number of rotatable bonds is 3. The summed E-state index contributed by atoms with van der Waals surface area (Å²) in [5.41, 5.74) is 6.48. The highest BCUT2D eigenvalue weighted by Crippen LogP contribution is 2.11. The van der Waals surface area contributed by atoms with Gasteiger partial charge in [-0.2, -0.15) is 4.98 Å². The molecular weight excluding hydrogens is 206 g/mol. The maximum atomic E-state index is 11.7. The molecule has 0 aliphatic heterocycles. The van der Waals surface area contributed by atoms with Gasteiger partial charge in [-0.15, -0.1) is 6.42 Å². The Morgan fingerprint density at radius 2 is 2.44 bits per heavy atom. The van der Waals surface area contributed by atoms with E-state index in [1.165, 1.54) is 0 Å². The number of nitrogens with zero attached hydrogens (tertiary/aromatic N) is 1. The van der Waals surface area contributed by atoms with E-state index in [1.807, 2.05) is 0 Å². The number of aromatic amines is 2. The molecule has 0 fully saturated rings. The Morgan fingerprint density at radius 3 is 3.19 bits per heavy atom.